The molecule has 0 heterocycles. The van der Waals surface area contributed by atoms with Gasteiger partial charge < -0.3 is 5.11 Å². The summed E-state index contributed by atoms with van der Waals surface area (Å²) in [6, 6.07) is 9.38. The van der Waals surface area contributed by atoms with Crippen LogP contribution in [0.4, 0.5) is 13.2 Å². The summed E-state index contributed by atoms with van der Waals surface area (Å²) < 4.78 is 38.6. The van der Waals surface area contributed by atoms with Gasteiger partial charge in [-0.05, 0) is 43.2 Å². The van der Waals surface area contributed by atoms with Crippen LogP contribution in [0.2, 0.25) is 0 Å². The highest BCUT2D eigenvalue weighted by molar-refractivity contribution is 5.34. The highest BCUT2D eigenvalue weighted by atomic mass is 19.4. The number of allylic oxidation sites excluding steroid dienone is 2. The van der Waals surface area contributed by atoms with Gasteiger partial charge in [-0.1, -0.05) is 48.6 Å². The Labute approximate surface area is 134 Å². The number of hydrogen-bond donors (Lipinski definition) is 1. The van der Waals surface area contributed by atoms with Gasteiger partial charge in [0.1, 0.15) is 5.60 Å². The van der Waals surface area contributed by atoms with Crippen LogP contribution in [0.3, 0.4) is 0 Å². The lowest BCUT2D eigenvalue weighted by Crippen LogP contribution is -2.40. The minimum atomic E-state index is -4.09. The lowest BCUT2D eigenvalue weighted by atomic mass is 9.66. The van der Waals surface area contributed by atoms with E-state index in [0.717, 1.165) is 5.56 Å². The summed E-state index contributed by atoms with van der Waals surface area (Å²) in [6.45, 7) is 0. The molecule has 0 saturated heterocycles. The van der Waals surface area contributed by atoms with Crippen LogP contribution >= 0.6 is 0 Å². The number of rotatable bonds is 2. The van der Waals surface area contributed by atoms with Gasteiger partial charge in [0.2, 0.25) is 0 Å². The third kappa shape index (κ3) is 3.23. The van der Waals surface area contributed by atoms with Gasteiger partial charge in [0.15, 0.2) is 0 Å². The summed E-state index contributed by atoms with van der Waals surface area (Å²) in [5.41, 5.74) is -0.338. The van der Waals surface area contributed by atoms with E-state index in [4.69, 9.17) is 0 Å². The molecule has 0 aromatic heterocycles. The number of hydrogen-bond acceptors (Lipinski definition) is 1. The average molecular weight is 322 g/mol. The van der Waals surface area contributed by atoms with E-state index in [2.05, 4.69) is 0 Å². The first-order valence-corrected chi connectivity index (χ1v) is 8.12. The van der Waals surface area contributed by atoms with Crippen molar-refractivity contribution >= 4 is 0 Å². The largest absolute Gasteiger partial charge is 0.391 e. The van der Waals surface area contributed by atoms with Crippen LogP contribution in [0.25, 0.3) is 0 Å². The maximum atomic E-state index is 12.9. The van der Waals surface area contributed by atoms with Crippen LogP contribution in [0, 0.1) is 17.8 Å². The summed E-state index contributed by atoms with van der Waals surface area (Å²) in [5.74, 6) is -1.30. The molecule has 0 amide bonds. The maximum Gasteiger partial charge on any atom is 0.391 e. The number of benzene rings is 1. The molecule has 2 atom stereocenters. The summed E-state index contributed by atoms with van der Waals surface area (Å²) in [5, 5.41) is 11.2. The fraction of sp³-hybridized carbons (Fsp3) is 0.474. The third-order valence-electron chi connectivity index (χ3n) is 5.27. The summed E-state index contributed by atoms with van der Waals surface area (Å²) in [7, 11) is 0. The van der Waals surface area contributed by atoms with Gasteiger partial charge in [-0.2, -0.15) is 13.2 Å². The quantitative estimate of drug-likeness (QED) is 0.814. The molecule has 3 rings (SSSR count). The van der Waals surface area contributed by atoms with Crippen molar-refractivity contribution in [3.63, 3.8) is 0 Å². The molecule has 2 unspecified atom stereocenters. The molecule has 1 nitrogen and oxygen atoms in total. The molecule has 0 aliphatic heterocycles. The van der Waals surface area contributed by atoms with E-state index in [1.54, 1.807) is 6.08 Å². The number of aliphatic hydroxyl groups is 1. The van der Waals surface area contributed by atoms with Crippen molar-refractivity contribution in [2.24, 2.45) is 17.8 Å². The van der Waals surface area contributed by atoms with Crippen molar-refractivity contribution in [3.8, 4) is 0 Å². The second-order valence-electron chi connectivity index (χ2n) is 6.61. The van der Waals surface area contributed by atoms with Crippen molar-refractivity contribution in [1.29, 1.82) is 0 Å². The fourth-order valence-electron chi connectivity index (χ4n) is 3.96. The monoisotopic (exact) mass is 322 g/mol. The van der Waals surface area contributed by atoms with Gasteiger partial charge in [-0.15, -0.1) is 0 Å². The van der Waals surface area contributed by atoms with Crippen molar-refractivity contribution in [1.82, 2.24) is 0 Å². The Morgan fingerprint density at radius 2 is 1.61 bits per heavy atom. The zero-order chi connectivity index (χ0) is 16.5. The Balaban J connectivity index is 1.79. The molecule has 124 valence electrons. The highest BCUT2D eigenvalue weighted by Crippen LogP contribution is 2.47. The van der Waals surface area contributed by atoms with Crippen molar-refractivity contribution < 1.29 is 18.3 Å². The van der Waals surface area contributed by atoms with E-state index < -0.39 is 17.7 Å². The maximum absolute atomic E-state index is 12.9. The molecule has 1 aromatic rings. The Kier molecular flexibility index (Phi) is 4.37. The Morgan fingerprint density at radius 1 is 0.957 bits per heavy atom. The standard InChI is InChI=1S/C19H21F3O/c20-19(21,22)16-11-9-14(10-12-16)17-8-4-5-13-18(17,23)15-6-2-1-3-7-15/h1-8,13-14,16-17,23H,9-12H2. The van der Waals surface area contributed by atoms with Gasteiger partial charge in [-0.3, -0.25) is 0 Å². The normalized spacial score (nSPS) is 34.5. The van der Waals surface area contributed by atoms with E-state index in [9.17, 15) is 18.3 Å². The van der Waals surface area contributed by atoms with Gasteiger partial charge in [0, 0.05) is 5.92 Å². The third-order valence-corrected chi connectivity index (χ3v) is 5.27. The SMILES string of the molecule is OC1(c2ccccc2)C=CC=CC1C1CCC(C(F)(F)F)CC1. The number of halogens is 3. The van der Waals surface area contributed by atoms with E-state index >= 15 is 0 Å². The van der Waals surface area contributed by atoms with E-state index in [0.29, 0.717) is 12.8 Å². The zero-order valence-corrected chi connectivity index (χ0v) is 12.8. The minimum absolute atomic E-state index is 0.0695. The number of alkyl halides is 3. The molecule has 2 aliphatic rings. The van der Waals surface area contributed by atoms with Crippen molar-refractivity contribution in [2.75, 3.05) is 0 Å². The summed E-state index contributed by atoms with van der Waals surface area (Å²) >= 11 is 0. The Hall–Kier alpha value is -1.55. The average Bonchev–Trinajstić information content (AvgIpc) is 2.55. The van der Waals surface area contributed by atoms with Gasteiger partial charge in [0.25, 0.3) is 0 Å². The second kappa shape index (κ2) is 6.16. The first-order valence-electron chi connectivity index (χ1n) is 8.12. The topological polar surface area (TPSA) is 20.2 Å². The first-order chi connectivity index (χ1) is 10.9. The van der Waals surface area contributed by atoms with E-state index in [-0.39, 0.29) is 24.7 Å². The smallest absolute Gasteiger partial charge is 0.380 e. The molecule has 2 aliphatic carbocycles. The minimum Gasteiger partial charge on any atom is -0.380 e. The van der Waals surface area contributed by atoms with Crippen LogP contribution in [-0.4, -0.2) is 11.3 Å². The molecule has 1 fully saturated rings. The van der Waals surface area contributed by atoms with Crippen LogP contribution in [-0.2, 0) is 5.60 Å². The molecule has 1 saturated carbocycles. The van der Waals surface area contributed by atoms with Crippen LogP contribution in [0.1, 0.15) is 31.2 Å². The van der Waals surface area contributed by atoms with E-state index in [1.807, 2.05) is 48.6 Å². The molecule has 0 spiro atoms. The van der Waals surface area contributed by atoms with Crippen LogP contribution in [0.5, 0.6) is 0 Å². The molecule has 4 heteroatoms. The van der Waals surface area contributed by atoms with Crippen molar-refractivity contribution in [3.05, 3.63) is 60.2 Å². The lowest BCUT2D eigenvalue weighted by molar-refractivity contribution is -0.185. The zero-order valence-electron chi connectivity index (χ0n) is 12.8. The summed E-state index contributed by atoms with van der Waals surface area (Å²) in [4.78, 5) is 0. The van der Waals surface area contributed by atoms with Gasteiger partial charge in [-0.25, -0.2) is 0 Å². The first kappa shape index (κ1) is 16.3. The van der Waals surface area contributed by atoms with E-state index in [1.165, 1.54) is 0 Å². The lowest BCUT2D eigenvalue weighted by Gasteiger charge is -2.42. The predicted molar refractivity (Wildman–Crippen MR) is 83.6 cm³/mol. The highest BCUT2D eigenvalue weighted by Gasteiger charge is 2.46. The molecule has 0 radical (unpaired) electrons. The van der Waals surface area contributed by atoms with Gasteiger partial charge >= 0.3 is 6.18 Å². The molecule has 1 aromatic carbocycles. The Morgan fingerprint density at radius 3 is 2.22 bits per heavy atom. The molecular weight excluding hydrogens is 301 g/mol. The molecule has 23 heavy (non-hydrogen) atoms. The van der Waals surface area contributed by atoms with Crippen LogP contribution < -0.4 is 0 Å². The molecule has 0 bridgehead atoms. The fourth-order valence-corrected chi connectivity index (χ4v) is 3.96. The van der Waals surface area contributed by atoms with Crippen molar-refractivity contribution in [2.45, 2.75) is 37.5 Å². The van der Waals surface area contributed by atoms with Gasteiger partial charge in [0.05, 0.1) is 5.92 Å². The second-order valence-corrected chi connectivity index (χ2v) is 6.61. The Bertz CT molecular complexity index is 582. The van der Waals surface area contributed by atoms with Crippen LogP contribution in [0.15, 0.2) is 54.6 Å². The predicted octanol–water partition coefficient (Wildman–Crippen LogP) is 4.99. The molecular formula is C19H21F3O. The molecule has 1 N–H and O–H groups in total. The summed E-state index contributed by atoms with van der Waals surface area (Å²) in [6.07, 6.45) is 4.64.